The van der Waals surface area contributed by atoms with Gasteiger partial charge in [0.15, 0.2) is 0 Å². The van der Waals surface area contributed by atoms with Crippen molar-refractivity contribution in [3.63, 3.8) is 0 Å². The summed E-state index contributed by atoms with van der Waals surface area (Å²) in [6, 6.07) is 8.01. The molecule has 1 aliphatic rings. The second-order valence-corrected chi connectivity index (χ2v) is 6.54. The third-order valence-corrected chi connectivity index (χ3v) is 4.61. The minimum Gasteiger partial charge on any atom is -0.377 e. The largest absolute Gasteiger partial charge is 0.377 e. The zero-order chi connectivity index (χ0) is 12.8. The molecule has 0 aromatic heterocycles. The number of nitrogens with one attached hydrogen (secondary N) is 1. The molecular formula is C14H20ClNOS. The highest BCUT2D eigenvalue weighted by Gasteiger charge is 2.15. The van der Waals surface area contributed by atoms with Crippen LogP contribution in [0.5, 0.6) is 0 Å². The molecule has 0 amide bonds. The van der Waals surface area contributed by atoms with E-state index in [0.717, 1.165) is 29.6 Å². The molecule has 2 rings (SSSR count). The lowest BCUT2D eigenvalue weighted by Gasteiger charge is -2.15. The lowest BCUT2D eigenvalue weighted by Crippen LogP contribution is -2.30. The summed E-state index contributed by atoms with van der Waals surface area (Å²) in [7, 11) is 0. The number of rotatable bonds is 6. The highest BCUT2D eigenvalue weighted by Crippen LogP contribution is 2.29. The van der Waals surface area contributed by atoms with Gasteiger partial charge in [-0.3, -0.25) is 0 Å². The average Bonchev–Trinajstić information content (AvgIpc) is 2.85. The van der Waals surface area contributed by atoms with Gasteiger partial charge in [0.2, 0.25) is 0 Å². The van der Waals surface area contributed by atoms with Gasteiger partial charge in [0.05, 0.1) is 11.1 Å². The predicted molar refractivity (Wildman–Crippen MR) is 78.6 cm³/mol. The Labute approximate surface area is 118 Å². The van der Waals surface area contributed by atoms with Gasteiger partial charge in [0.1, 0.15) is 0 Å². The summed E-state index contributed by atoms with van der Waals surface area (Å²) >= 11 is 7.96. The molecule has 2 atom stereocenters. The van der Waals surface area contributed by atoms with Gasteiger partial charge in [0, 0.05) is 29.8 Å². The summed E-state index contributed by atoms with van der Waals surface area (Å²) < 4.78 is 5.58. The molecule has 0 radical (unpaired) electrons. The molecule has 0 aliphatic carbocycles. The van der Waals surface area contributed by atoms with Crippen molar-refractivity contribution in [1.29, 1.82) is 0 Å². The fraction of sp³-hybridized carbons (Fsp3) is 0.571. The van der Waals surface area contributed by atoms with Gasteiger partial charge in [-0.1, -0.05) is 30.7 Å². The quantitative estimate of drug-likeness (QED) is 0.807. The molecule has 0 saturated carbocycles. The van der Waals surface area contributed by atoms with E-state index in [9.17, 15) is 0 Å². The van der Waals surface area contributed by atoms with Crippen LogP contribution in [0.15, 0.2) is 29.2 Å². The Kier molecular flexibility index (Phi) is 5.83. The predicted octanol–water partition coefficient (Wildman–Crippen LogP) is 3.59. The molecule has 0 bridgehead atoms. The number of halogens is 1. The van der Waals surface area contributed by atoms with E-state index in [1.54, 1.807) is 0 Å². The Morgan fingerprint density at radius 2 is 2.33 bits per heavy atom. The van der Waals surface area contributed by atoms with Crippen LogP contribution in [0.1, 0.15) is 19.8 Å². The Morgan fingerprint density at radius 3 is 3.06 bits per heavy atom. The van der Waals surface area contributed by atoms with Crippen LogP contribution in [0.4, 0.5) is 0 Å². The maximum Gasteiger partial charge on any atom is 0.0700 e. The summed E-state index contributed by atoms with van der Waals surface area (Å²) in [5.41, 5.74) is 0. The summed E-state index contributed by atoms with van der Waals surface area (Å²) in [6.45, 7) is 5.09. The second kappa shape index (κ2) is 7.39. The number of hydrogen-bond acceptors (Lipinski definition) is 3. The lowest BCUT2D eigenvalue weighted by atomic mass is 10.2. The SMILES string of the molecule is CC(CNCC1CCCO1)Sc1ccccc1Cl. The monoisotopic (exact) mass is 285 g/mol. The van der Waals surface area contributed by atoms with Gasteiger partial charge in [-0.05, 0) is 25.0 Å². The van der Waals surface area contributed by atoms with E-state index in [4.69, 9.17) is 16.3 Å². The van der Waals surface area contributed by atoms with Crippen molar-refractivity contribution in [2.45, 2.75) is 36.0 Å². The van der Waals surface area contributed by atoms with Crippen molar-refractivity contribution in [2.24, 2.45) is 0 Å². The molecule has 1 saturated heterocycles. The van der Waals surface area contributed by atoms with E-state index in [2.05, 4.69) is 18.3 Å². The molecule has 1 heterocycles. The van der Waals surface area contributed by atoms with Gasteiger partial charge in [-0.15, -0.1) is 11.8 Å². The van der Waals surface area contributed by atoms with Crippen molar-refractivity contribution in [3.05, 3.63) is 29.3 Å². The van der Waals surface area contributed by atoms with Crippen LogP contribution in [0, 0.1) is 0 Å². The molecule has 18 heavy (non-hydrogen) atoms. The van der Waals surface area contributed by atoms with Gasteiger partial charge in [-0.2, -0.15) is 0 Å². The fourth-order valence-corrected chi connectivity index (χ4v) is 3.29. The molecule has 4 heteroatoms. The van der Waals surface area contributed by atoms with E-state index in [1.807, 2.05) is 30.0 Å². The van der Waals surface area contributed by atoms with Crippen LogP contribution in [0.3, 0.4) is 0 Å². The Hall–Kier alpha value is -0.220. The minimum atomic E-state index is 0.419. The third-order valence-electron chi connectivity index (χ3n) is 2.99. The van der Waals surface area contributed by atoms with Crippen molar-refractivity contribution < 1.29 is 4.74 Å². The van der Waals surface area contributed by atoms with Gasteiger partial charge < -0.3 is 10.1 Å². The molecule has 1 N–H and O–H groups in total. The van der Waals surface area contributed by atoms with Gasteiger partial charge >= 0.3 is 0 Å². The molecule has 1 aromatic carbocycles. The molecule has 2 nitrogen and oxygen atoms in total. The second-order valence-electron chi connectivity index (χ2n) is 4.65. The van der Waals surface area contributed by atoms with Gasteiger partial charge in [0.25, 0.3) is 0 Å². The van der Waals surface area contributed by atoms with Crippen LogP contribution in [-0.2, 0) is 4.74 Å². The minimum absolute atomic E-state index is 0.419. The average molecular weight is 286 g/mol. The van der Waals surface area contributed by atoms with Crippen molar-refractivity contribution in [2.75, 3.05) is 19.7 Å². The zero-order valence-corrected chi connectivity index (χ0v) is 12.3. The van der Waals surface area contributed by atoms with Gasteiger partial charge in [-0.25, -0.2) is 0 Å². The lowest BCUT2D eigenvalue weighted by molar-refractivity contribution is 0.110. The summed E-state index contributed by atoms with van der Waals surface area (Å²) in [5.74, 6) is 0. The first-order valence-corrected chi connectivity index (χ1v) is 7.75. The zero-order valence-electron chi connectivity index (χ0n) is 10.7. The van der Waals surface area contributed by atoms with Crippen LogP contribution < -0.4 is 5.32 Å². The number of thioether (sulfide) groups is 1. The summed E-state index contributed by atoms with van der Waals surface area (Å²) in [4.78, 5) is 1.16. The summed E-state index contributed by atoms with van der Waals surface area (Å²) in [5, 5.41) is 4.82. The Morgan fingerprint density at radius 1 is 1.50 bits per heavy atom. The maximum absolute atomic E-state index is 6.14. The maximum atomic E-state index is 6.14. The first kappa shape index (κ1) is 14.2. The van der Waals surface area contributed by atoms with E-state index in [1.165, 1.54) is 12.8 Å². The van der Waals surface area contributed by atoms with E-state index in [-0.39, 0.29) is 0 Å². The topological polar surface area (TPSA) is 21.3 Å². The molecule has 100 valence electrons. The normalized spacial score (nSPS) is 21.1. The number of benzene rings is 1. The highest BCUT2D eigenvalue weighted by atomic mass is 35.5. The Balaban J connectivity index is 1.68. The van der Waals surface area contributed by atoms with E-state index in [0.29, 0.717) is 11.4 Å². The molecule has 1 aliphatic heterocycles. The molecular weight excluding hydrogens is 266 g/mol. The van der Waals surface area contributed by atoms with Crippen molar-refractivity contribution in [3.8, 4) is 0 Å². The molecule has 1 fully saturated rings. The molecule has 0 spiro atoms. The highest BCUT2D eigenvalue weighted by molar-refractivity contribution is 8.00. The van der Waals surface area contributed by atoms with E-state index < -0.39 is 0 Å². The van der Waals surface area contributed by atoms with Crippen molar-refractivity contribution >= 4 is 23.4 Å². The number of hydrogen-bond donors (Lipinski definition) is 1. The van der Waals surface area contributed by atoms with Crippen LogP contribution in [0.25, 0.3) is 0 Å². The number of ether oxygens (including phenoxy) is 1. The van der Waals surface area contributed by atoms with Crippen LogP contribution in [-0.4, -0.2) is 31.1 Å². The summed E-state index contributed by atoms with van der Waals surface area (Å²) in [6.07, 6.45) is 2.82. The van der Waals surface area contributed by atoms with Crippen molar-refractivity contribution in [1.82, 2.24) is 5.32 Å². The first-order valence-electron chi connectivity index (χ1n) is 6.49. The van der Waals surface area contributed by atoms with Crippen LogP contribution >= 0.6 is 23.4 Å². The Bertz CT molecular complexity index is 369. The van der Waals surface area contributed by atoms with Crippen LogP contribution in [0.2, 0.25) is 5.02 Å². The standard InChI is InChI=1S/C14H20ClNOS/c1-11(9-16-10-12-5-4-8-17-12)18-14-7-3-2-6-13(14)15/h2-3,6-7,11-12,16H,4-5,8-10H2,1H3. The first-order chi connectivity index (χ1) is 8.75. The smallest absolute Gasteiger partial charge is 0.0700 e. The molecule has 1 aromatic rings. The van der Waals surface area contributed by atoms with E-state index >= 15 is 0 Å². The third kappa shape index (κ3) is 4.47. The fourth-order valence-electron chi connectivity index (χ4n) is 2.05. The molecule has 2 unspecified atom stereocenters.